The second-order valence-electron chi connectivity index (χ2n) is 5.84. The van der Waals surface area contributed by atoms with Gasteiger partial charge >= 0.3 is 0 Å². The van der Waals surface area contributed by atoms with Gasteiger partial charge < -0.3 is 15.2 Å². The molecule has 0 aromatic carbocycles. The molecule has 2 fully saturated rings. The topological polar surface area (TPSA) is 44.7 Å². The minimum Gasteiger partial charge on any atom is -0.390 e. The number of nitrogens with one attached hydrogen (secondary N) is 1. The van der Waals surface area contributed by atoms with Crippen LogP contribution in [-0.2, 0) is 4.74 Å². The maximum atomic E-state index is 10.1. The molecule has 3 atom stereocenters. The fourth-order valence-corrected chi connectivity index (χ4v) is 3.05. The molecule has 1 aliphatic heterocycles. The molecule has 4 heteroatoms. The smallest absolute Gasteiger partial charge is 0.0791 e. The van der Waals surface area contributed by atoms with Gasteiger partial charge in [0.15, 0.2) is 0 Å². The number of hydrogen-bond acceptors (Lipinski definition) is 4. The molecule has 1 saturated heterocycles. The summed E-state index contributed by atoms with van der Waals surface area (Å²) in [7, 11) is 0. The number of aliphatic hydroxyl groups excluding tert-OH is 1. The van der Waals surface area contributed by atoms with Gasteiger partial charge in [-0.15, -0.1) is 0 Å². The zero-order valence-corrected chi connectivity index (χ0v) is 11.6. The molecule has 0 amide bonds. The van der Waals surface area contributed by atoms with Crippen LogP contribution >= 0.6 is 0 Å². The summed E-state index contributed by atoms with van der Waals surface area (Å²) in [6.07, 6.45) is 5.05. The van der Waals surface area contributed by atoms with Gasteiger partial charge in [0.1, 0.15) is 0 Å². The summed E-state index contributed by atoms with van der Waals surface area (Å²) >= 11 is 0. The van der Waals surface area contributed by atoms with Crippen LogP contribution in [0.4, 0.5) is 0 Å². The van der Waals surface area contributed by atoms with E-state index in [9.17, 15) is 5.11 Å². The van der Waals surface area contributed by atoms with Crippen molar-refractivity contribution in [3.63, 3.8) is 0 Å². The lowest BCUT2D eigenvalue weighted by Crippen LogP contribution is -2.46. The number of morpholine rings is 1. The van der Waals surface area contributed by atoms with Gasteiger partial charge in [0, 0.05) is 32.2 Å². The van der Waals surface area contributed by atoms with E-state index in [1.807, 2.05) is 0 Å². The average Bonchev–Trinajstić information content (AvgIpc) is 2.39. The predicted molar refractivity (Wildman–Crippen MR) is 72.7 cm³/mol. The van der Waals surface area contributed by atoms with E-state index in [-0.39, 0.29) is 6.10 Å². The molecule has 0 radical (unpaired) electrons. The molecule has 2 aliphatic rings. The van der Waals surface area contributed by atoms with Crippen LogP contribution in [-0.4, -0.2) is 61.5 Å². The first-order valence-corrected chi connectivity index (χ1v) is 7.47. The monoisotopic (exact) mass is 256 g/mol. The van der Waals surface area contributed by atoms with E-state index in [1.165, 1.54) is 25.7 Å². The Kier molecular flexibility index (Phi) is 5.89. The Labute approximate surface area is 111 Å². The van der Waals surface area contributed by atoms with Gasteiger partial charge in [0.25, 0.3) is 0 Å². The Bertz CT molecular complexity index is 232. The summed E-state index contributed by atoms with van der Waals surface area (Å²) in [6, 6.07) is 0.609. The maximum absolute atomic E-state index is 10.1. The number of ether oxygens (including phenoxy) is 1. The summed E-state index contributed by atoms with van der Waals surface area (Å²) in [5, 5.41) is 13.6. The number of nitrogens with zero attached hydrogens (tertiary/aromatic N) is 1. The van der Waals surface area contributed by atoms with Crippen LogP contribution in [0.25, 0.3) is 0 Å². The van der Waals surface area contributed by atoms with Gasteiger partial charge in [0.05, 0.1) is 19.3 Å². The molecule has 1 aliphatic carbocycles. The van der Waals surface area contributed by atoms with E-state index in [1.54, 1.807) is 0 Å². The van der Waals surface area contributed by atoms with Crippen molar-refractivity contribution in [1.29, 1.82) is 0 Å². The van der Waals surface area contributed by atoms with Crippen molar-refractivity contribution in [3.05, 3.63) is 0 Å². The summed E-state index contributed by atoms with van der Waals surface area (Å²) in [5.41, 5.74) is 0. The van der Waals surface area contributed by atoms with Crippen molar-refractivity contribution >= 4 is 0 Å². The third kappa shape index (κ3) is 4.50. The van der Waals surface area contributed by atoms with E-state index in [4.69, 9.17) is 4.74 Å². The van der Waals surface area contributed by atoms with E-state index < -0.39 is 0 Å². The zero-order valence-electron chi connectivity index (χ0n) is 11.6. The Hall–Kier alpha value is -0.160. The van der Waals surface area contributed by atoms with Crippen molar-refractivity contribution in [2.45, 2.75) is 44.8 Å². The van der Waals surface area contributed by atoms with E-state index in [0.717, 1.165) is 45.3 Å². The molecule has 1 saturated carbocycles. The summed E-state index contributed by atoms with van der Waals surface area (Å²) in [6.45, 7) is 7.35. The minimum absolute atomic E-state index is 0.253. The molecule has 0 aromatic rings. The standard InChI is InChI=1S/C14H28N2O2/c1-12-4-2-3-5-14(12)15-10-13(17)11-16-6-8-18-9-7-16/h12-15,17H,2-11H2,1H3. The predicted octanol–water partition coefficient (Wildman–Crippen LogP) is 0.848. The second kappa shape index (κ2) is 7.43. The van der Waals surface area contributed by atoms with Gasteiger partial charge in [0.2, 0.25) is 0 Å². The first-order valence-electron chi connectivity index (χ1n) is 7.47. The van der Waals surface area contributed by atoms with E-state index in [2.05, 4.69) is 17.1 Å². The highest BCUT2D eigenvalue weighted by Crippen LogP contribution is 2.23. The Morgan fingerprint density at radius 1 is 1.28 bits per heavy atom. The highest BCUT2D eigenvalue weighted by Gasteiger charge is 2.22. The number of β-amino-alcohol motifs (C(OH)–C–C–N with tert-alkyl or cyclic N) is 1. The Balaban J connectivity index is 1.62. The molecule has 1 heterocycles. The SMILES string of the molecule is CC1CCCCC1NCC(O)CN1CCOCC1. The fourth-order valence-electron chi connectivity index (χ4n) is 3.05. The van der Waals surface area contributed by atoms with Gasteiger partial charge in [-0.05, 0) is 18.8 Å². The largest absolute Gasteiger partial charge is 0.390 e. The zero-order chi connectivity index (χ0) is 12.8. The average molecular weight is 256 g/mol. The number of aliphatic hydroxyl groups is 1. The van der Waals surface area contributed by atoms with Crippen LogP contribution in [0.2, 0.25) is 0 Å². The van der Waals surface area contributed by atoms with Crippen molar-refractivity contribution in [2.24, 2.45) is 5.92 Å². The van der Waals surface area contributed by atoms with Crippen LogP contribution in [0, 0.1) is 5.92 Å². The van der Waals surface area contributed by atoms with E-state index in [0.29, 0.717) is 6.04 Å². The highest BCUT2D eigenvalue weighted by atomic mass is 16.5. The van der Waals surface area contributed by atoms with E-state index >= 15 is 0 Å². The second-order valence-corrected chi connectivity index (χ2v) is 5.84. The van der Waals surface area contributed by atoms with Gasteiger partial charge in [-0.3, -0.25) is 4.90 Å². The first-order chi connectivity index (χ1) is 8.75. The molecule has 0 spiro atoms. The number of rotatable bonds is 5. The van der Waals surface area contributed by atoms with Crippen LogP contribution in [0.3, 0.4) is 0 Å². The molecular weight excluding hydrogens is 228 g/mol. The molecular formula is C14H28N2O2. The van der Waals surface area contributed by atoms with Crippen LogP contribution in [0.1, 0.15) is 32.6 Å². The van der Waals surface area contributed by atoms with Crippen LogP contribution in [0.15, 0.2) is 0 Å². The van der Waals surface area contributed by atoms with Gasteiger partial charge in [-0.2, -0.15) is 0 Å². The molecule has 4 nitrogen and oxygen atoms in total. The van der Waals surface area contributed by atoms with Crippen molar-refractivity contribution in [1.82, 2.24) is 10.2 Å². The quantitative estimate of drug-likeness (QED) is 0.765. The van der Waals surface area contributed by atoms with Crippen LogP contribution in [0.5, 0.6) is 0 Å². The van der Waals surface area contributed by atoms with Crippen LogP contribution < -0.4 is 5.32 Å². The lowest BCUT2D eigenvalue weighted by Gasteiger charge is -2.32. The normalized spacial score (nSPS) is 32.3. The summed E-state index contributed by atoms with van der Waals surface area (Å²) in [5.74, 6) is 0.759. The molecule has 106 valence electrons. The maximum Gasteiger partial charge on any atom is 0.0791 e. The number of hydrogen-bond donors (Lipinski definition) is 2. The Morgan fingerprint density at radius 2 is 2.00 bits per heavy atom. The first kappa shape index (κ1) is 14.3. The lowest BCUT2D eigenvalue weighted by molar-refractivity contribution is 0.0139. The molecule has 0 bridgehead atoms. The third-order valence-corrected chi connectivity index (χ3v) is 4.30. The summed E-state index contributed by atoms with van der Waals surface area (Å²) in [4.78, 5) is 2.29. The summed E-state index contributed by atoms with van der Waals surface area (Å²) < 4.78 is 5.31. The van der Waals surface area contributed by atoms with Crippen molar-refractivity contribution < 1.29 is 9.84 Å². The Morgan fingerprint density at radius 3 is 2.72 bits per heavy atom. The molecule has 3 unspecified atom stereocenters. The highest BCUT2D eigenvalue weighted by molar-refractivity contribution is 4.80. The third-order valence-electron chi connectivity index (χ3n) is 4.30. The minimum atomic E-state index is -0.253. The molecule has 2 rings (SSSR count). The van der Waals surface area contributed by atoms with Crippen molar-refractivity contribution in [3.8, 4) is 0 Å². The lowest BCUT2D eigenvalue weighted by atomic mass is 9.86. The van der Waals surface area contributed by atoms with Gasteiger partial charge in [-0.25, -0.2) is 0 Å². The molecule has 18 heavy (non-hydrogen) atoms. The molecule has 0 aromatic heterocycles. The van der Waals surface area contributed by atoms with Crippen molar-refractivity contribution in [2.75, 3.05) is 39.4 Å². The van der Waals surface area contributed by atoms with Gasteiger partial charge in [-0.1, -0.05) is 19.8 Å². The fraction of sp³-hybridized carbons (Fsp3) is 1.00. The molecule has 2 N–H and O–H groups in total.